The lowest BCUT2D eigenvalue weighted by Crippen LogP contribution is -2.33. The van der Waals surface area contributed by atoms with Crippen molar-refractivity contribution >= 4 is 0 Å². The maximum absolute atomic E-state index is 5.70. The molecule has 22 heavy (non-hydrogen) atoms. The minimum Gasteiger partial charge on any atom is -0.376 e. The highest BCUT2D eigenvalue weighted by atomic mass is 16.5. The number of benzene rings is 1. The third kappa shape index (κ3) is 2.35. The zero-order valence-corrected chi connectivity index (χ0v) is 12.7. The Bertz CT molecular complexity index is 668. The first kappa shape index (κ1) is 13.9. The van der Waals surface area contributed by atoms with E-state index >= 15 is 0 Å². The lowest BCUT2D eigenvalue weighted by molar-refractivity contribution is 0.0773. The van der Waals surface area contributed by atoms with Crippen LogP contribution in [0.4, 0.5) is 0 Å². The van der Waals surface area contributed by atoms with Gasteiger partial charge < -0.3 is 19.3 Å². The smallest absolute Gasteiger partial charge is 0.144 e. The summed E-state index contributed by atoms with van der Waals surface area (Å²) in [6, 6.07) is 8.74. The first-order valence-electron chi connectivity index (χ1n) is 7.75. The number of nitrogens with one attached hydrogen (secondary N) is 1. The van der Waals surface area contributed by atoms with Gasteiger partial charge in [-0.25, -0.2) is 0 Å². The fourth-order valence-electron chi connectivity index (χ4n) is 3.48. The molecule has 0 fully saturated rings. The predicted molar refractivity (Wildman–Crippen MR) is 80.4 cm³/mol. The normalized spacial score (nSPS) is 23.3. The third-order valence-electron chi connectivity index (χ3n) is 4.62. The molecule has 2 atom stereocenters. The van der Waals surface area contributed by atoms with Crippen molar-refractivity contribution in [3.05, 3.63) is 52.4 Å². The van der Waals surface area contributed by atoms with Crippen LogP contribution in [0.2, 0.25) is 0 Å². The lowest BCUT2D eigenvalue weighted by Gasteiger charge is -2.20. The second kappa shape index (κ2) is 5.83. The Kier molecular flexibility index (Phi) is 3.70. The molecule has 0 saturated heterocycles. The van der Waals surface area contributed by atoms with Crippen LogP contribution in [0, 0.1) is 0 Å². The molecule has 0 saturated carbocycles. The van der Waals surface area contributed by atoms with Gasteiger partial charge in [-0.1, -0.05) is 29.4 Å². The molecule has 0 bridgehead atoms. The Balaban J connectivity index is 1.47. The van der Waals surface area contributed by atoms with Gasteiger partial charge in [-0.2, -0.15) is 0 Å². The molecular weight excluding hydrogens is 280 g/mol. The fraction of sp³-hybridized carbons (Fsp3) is 0.471. The van der Waals surface area contributed by atoms with Crippen LogP contribution in [0.15, 0.2) is 28.8 Å². The van der Waals surface area contributed by atoms with Crippen LogP contribution < -0.4 is 5.32 Å². The molecule has 0 radical (unpaired) electrons. The van der Waals surface area contributed by atoms with Gasteiger partial charge >= 0.3 is 0 Å². The van der Waals surface area contributed by atoms with E-state index in [0.717, 1.165) is 36.5 Å². The summed E-state index contributed by atoms with van der Waals surface area (Å²) < 4.78 is 16.6. The van der Waals surface area contributed by atoms with Gasteiger partial charge in [0.15, 0.2) is 0 Å². The highest BCUT2D eigenvalue weighted by Crippen LogP contribution is 2.34. The topological polar surface area (TPSA) is 56.5 Å². The van der Waals surface area contributed by atoms with Crippen LogP contribution in [-0.2, 0) is 35.5 Å². The van der Waals surface area contributed by atoms with Crippen molar-refractivity contribution in [2.75, 3.05) is 13.7 Å². The minimum absolute atomic E-state index is 0.0928. The zero-order valence-electron chi connectivity index (χ0n) is 12.7. The summed E-state index contributed by atoms with van der Waals surface area (Å²) in [6.07, 6.45) is 1.89. The van der Waals surface area contributed by atoms with Crippen LogP contribution in [-0.4, -0.2) is 24.9 Å². The fourth-order valence-corrected chi connectivity index (χ4v) is 3.48. The van der Waals surface area contributed by atoms with Crippen molar-refractivity contribution in [1.82, 2.24) is 10.5 Å². The van der Waals surface area contributed by atoms with E-state index in [1.165, 1.54) is 11.1 Å². The highest BCUT2D eigenvalue weighted by molar-refractivity contribution is 5.36. The van der Waals surface area contributed by atoms with Gasteiger partial charge in [0.2, 0.25) is 0 Å². The van der Waals surface area contributed by atoms with Gasteiger partial charge in [0, 0.05) is 31.7 Å². The number of nitrogens with zero attached hydrogens (tertiary/aromatic N) is 1. The number of rotatable bonds is 4. The van der Waals surface area contributed by atoms with Gasteiger partial charge in [0.25, 0.3) is 0 Å². The molecule has 0 unspecified atom stereocenters. The van der Waals surface area contributed by atoms with Crippen molar-refractivity contribution in [2.45, 2.75) is 38.1 Å². The first-order chi connectivity index (χ1) is 10.9. The van der Waals surface area contributed by atoms with Gasteiger partial charge in [0.1, 0.15) is 11.5 Å². The molecular formula is C17H20N2O3. The van der Waals surface area contributed by atoms with Gasteiger partial charge in [-0.15, -0.1) is 0 Å². The number of hydrogen-bond donors (Lipinski definition) is 1. The average Bonchev–Trinajstić information content (AvgIpc) is 3.13. The molecule has 2 aliphatic rings. The quantitative estimate of drug-likeness (QED) is 0.937. The summed E-state index contributed by atoms with van der Waals surface area (Å²) in [5.41, 5.74) is 4.72. The second-order valence-electron chi connectivity index (χ2n) is 5.88. The number of fused-ring (bicyclic) bond motifs is 2. The molecule has 2 aromatic rings. The van der Waals surface area contributed by atoms with E-state index in [-0.39, 0.29) is 12.1 Å². The molecule has 1 aromatic heterocycles. The monoisotopic (exact) mass is 300 g/mol. The summed E-state index contributed by atoms with van der Waals surface area (Å²) in [5, 5.41) is 7.78. The van der Waals surface area contributed by atoms with Crippen molar-refractivity contribution in [3.8, 4) is 0 Å². The Morgan fingerprint density at radius 2 is 2.27 bits per heavy atom. The molecule has 5 heteroatoms. The number of aromatic nitrogens is 1. The summed E-state index contributed by atoms with van der Waals surface area (Å²) in [5.74, 6) is 0.973. The molecule has 1 aliphatic carbocycles. The molecule has 1 aromatic carbocycles. The number of hydrogen-bond acceptors (Lipinski definition) is 5. The standard InChI is InChI=1S/C17H20N2O3/c1-20-17-12-5-3-2-4-11(12)8-14(17)18-9-15-13-10-21-7-6-16(13)22-19-15/h2-5,14,17-18H,6-10H2,1H3/t14-,17+/m1/s1. The Labute approximate surface area is 129 Å². The van der Waals surface area contributed by atoms with Crippen molar-refractivity contribution < 1.29 is 14.0 Å². The summed E-state index contributed by atoms with van der Waals surface area (Å²) in [4.78, 5) is 0. The van der Waals surface area contributed by atoms with E-state index in [1.54, 1.807) is 7.11 Å². The molecule has 2 heterocycles. The maximum Gasteiger partial charge on any atom is 0.144 e. The number of methoxy groups -OCH3 is 1. The summed E-state index contributed by atoms with van der Waals surface area (Å²) in [6.45, 7) is 2.01. The van der Waals surface area contributed by atoms with E-state index in [2.05, 4.69) is 34.7 Å². The van der Waals surface area contributed by atoms with Gasteiger partial charge in [-0.05, 0) is 17.5 Å². The maximum atomic E-state index is 5.70. The molecule has 1 N–H and O–H groups in total. The van der Waals surface area contributed by atoms with Crippen LogP contribution in [0.5, 0.6) is 0 Å². The van der Waals surface area contributed by atoms with Gasteiger partial charge in [0.05, 0.1) is 19.3 Å². The van der Waals surface area contributed by atoms with E-state index < -0.39 is 0 Å². The van der Waals surface area contributed by atoms with Crippen LogP contribution in [0.3, 0.4) is 0 Å². The van der Waals surface area contributed by atoms with Crippen LogP contribution in [0.25, 0.3) is 0 Å². The molecule has 0 amide bonds. The van der Waals surface area contributed by atoms with Crippen LogP contribution in [0.1, 0.15) is 34.2 Å². The van der Waals surface area contributed by atoms with Gasteiger partial charge in [-0.3, -0.25) is 0 Å². The Hall–Kier alpha value is -1.69. The first-order valence-corrected chi connectivity index (χ1v) is 7.75. The summed E-state index contributed by atoms with van der Waals surface area (Å²) >= 11 is 0. The molecule has 1 aliphatic heterocycles. The largest absolute Gasteiger partial charge is 0.376 e. The Morgan fingerprint density at radius 3 is 3.18 bits per heavy atom. The van der Waals surface area contributed by atoms with Crippen molar-refractivity contribution in [2.24, 2.45) is 0 Å². The van der Waals surface area contributed by atoms with E-state index in [1.807, 2.05) is 0 Å². The Morgan fingerprint density at radius 1 is 1.36 bits per heavy atom. The summed E-state index contributed by atoms with van der Waals surface area (Å²) in [7, 11) is 1.77. The van der Waals surface area contributed by atoms with E-state index in [4.69, 9.17) is 14.0 Å². The molecule has 0 spiro atoms. The minimum atomic E-state index is 0.0928. The zero-order chi connectivity index (χ0) is 14.9. The number of ether oxygens (including phenoxy) is 2. The van der Waals surface area contributed by atoms with Crippen molar-refractivity contribution in [1.29, 1.82) is 0 Å². The molecule has 116 valence electrons. The second-order valence-corrected chi connectivity index (χ2v) is 5.88. The van der Waals surface area contributed by atoms with E-state index in [0.29, 0.717) is 13.2 Å². The lowest BCUT2D eigenvalue weighted by atomic mass is 10.1. The average molecular weight is 300 g/mol. The molecule has 5 nitrogen and oxygen atoms in total. The van der Waals surface area contributed by atoms with E-state index in [9.17, 15) is 0 Å². The van der Waals surface area contributed by atoms with Crippen LogP contribution >= 0.6 is 0 Å². The van der Waals surface area contributed by atoms with Crippen molar-refractivity contribution in [3.63, 3.8) is 0 Å². The third-order valence-corrected chi connectivity index (χ3v) is 4.62. The molecule has 4 rings (SSSR count). The highest BCUT2D eigenvalue weighted by Gasteiger charge is 2.32. The SMILES string of the molecule is CO[C@H]1c2ccccc2C[C@H]1NCc1noc2c1COCC2. The predicted octanol–water partition coefficient (Wildman–Crippen LogP) is 2.15.